The molecular weight excluding hydrogens is 561 g/mol. The summed E-state index contributed by atoms with van der Waals surface area (Å²) in [5.74, 6) is 0.660. The van der Waals surface area contributed by atoms with Crippen molar-refractivity contribution in [1.29, 1.82) is 0 Å². The van der Waals surface area contributed by atoms with E-state index in [1.54, 1.807) is 31.6 Å². The lowest BCUT2D eigenvalue weighted by molar-refractivity contribution is 0.144. The lowest BCUT2D eigenvalue weighted by atomic mass is 10.1. The maximum atomic E-state index is 15.4. The van der Waals surface area contributed by atoms with Gasteiger partial charge in [-0.05, 0) is 49.0 Å². The predicted molar refractivity (Wildman–Crippen MR) is 168 cm³/mol. The van der Waals surface area contributed by atoms with Gasteiger partial charge in [-0.15, -0.1) is 0 Å². The van der Waals surface area contributed by atoms with Gasteiger partial charge in [0.25, 0.3) is 0 Å². The standard InChI is InChI=1S/C33H36FN7O3/c1-40-13-15-41(16-14-40)21-23-6-8-24(9-7-23)37-33-38-31-30(32(39-33)43-18-17-42-2)28(20-36-31)27-11-10-26(19-29(27)34)44-22-25-5-3-4-12-35-25/h3-12,19-20H,13-18,21-22H2,1-2H3,(H2,36,37,38,39). The molecule has 11 heteroatoms. The van der Waals surface area contributed by atoms with Crippen LogP contribution in [0, 0.1) is 5.82 Å². The lowest BCUT2D eigenvalue weighted by Crippen LogP contribution is -2.43. The van der Waals surface area contributed by atoms with E-state index in [1.165, 1.54) is 11.6 Å². The van der Waals surface area contributed by atoms with Crippen molar-refractivity contribution in [2.75, 3.05) is 58.9 Å². The largest absolute Gasteiger partial charge is 0.487 e. The Bertz CT molecular complexity index is 1670. The minimum absolute atomic E-state index is 0.243. The van der Waals surface area contributed by atoms with Crippen molar-refractivity contribution in [1.82, 2.24) is 29.7 Å². The second-order valence-corrected chi connectivity index (χ2v) is 10.8. The molecule has 1 aliphatic rings. The van der Waals surface area contributed by atoms with Crippen LogP contribution in [0.2, 0.25) is 0 Å². The first-order chi connectivity index (χ1) is 21.6. The molecule has 1 aliphatic heterocycles. The summed E-state index contributed by atoms with van der Waals surface area (Å²) in [4.78, 5) is 21.6. The Morgan fingerprint density at radius 3 is 2.52 bits per heavy atom. The number of nitrogens with one attached hydrogen (secondary N) is 2. The minimum Gasteiger partial charge on any atom is -0.487 e. The SMILES string of the molecule is COCCOc1nc(Nc2ccc(CN3CCN(C)CC3)cc2)nc2[nH]cc(-c3ccc(OCc4ccccn4)cc3F)c12. The number of nitrogens with zero attached hydrogens (tertiary/aromatic N) is 5. The zero-order chi connectivity index (χ0) is 30.3. The number of halogens is 1. The predicted octanol–water partition coefficient (Wildman–Crippen LogP) is 5.25. The molecule has 44 heavy (non-hydrogen) atoms. The van der Waals surface area contributed by atoms with Gasteiger partial charge in [-0.25, -0.2) is 4.39 Å². The van der Waals surface area contributed by atoms with Crippen LogP contribution in [0.5, 0.6) is 11.6 Å². The molecule has 0 unspecified atom stereocenters. The number of anilines is 2. The van der Waals surface area contributed by atoms with E-state index in [0.29, 0.717) is 46.3 Å². The van der Waals surface area contributed by atoms with E-state index in [4.69, 9.17) is 14.2 Å². The molecule has 6 rings (SSSR count). The Kier molecular flexibility index (Phi) is 9.25. The number of aromatic amines is 1. The highest BCUT2D eigenvalue weighted by Crippen LogP contribution is 2.37. The van der Waals surface area contributed by atoms with Crippen LogP contribution in [-0.4, -0.2) is 83.3 Å². The fourth-order valence-corrected chi connectivity index (χ4v) is 5.13. The van der Waals surface area contributed by atoms with Gasteiger partial charge in [0.1, 0.15) is 30.4 Å². The summed E-state index contributed by atoms with van der Waals surface area (Å²) in [5.41, 5.74) is 4.35. The highest BCUT2D eigenvalue weighted by atomic mass is 19.1. The minimum atomic E-state index is -0.439. The van der Waals surface area contributed by atoms with Crippen LogP contribution in [0.25, 0.3) is 22.2 Å². The van der Waals surface area contributed by atoms with E-state index in [-0.39, 0.29) is 13.2 Å². The van der Waals surface area contributed by atoms with Gasteiger partial charge in [0.15, 0.2) is 0 Å². The van der Waals surface area contributed by atoms with Gasteiger partial charge in [-0.1, -0.05) is 18.2 Å². The van der Waals surface area contributed by atoms with Crippen molar-refractivity contribution >= 4 is 22.7 Å². The topological polar surface area (TPSA) is 101 Å². The van der Waals surface area contributed by atoms with Gasteiger partial charge in [0.05, 0.1) is 17.7 Å². The van der Waals surface area contributed by atoms with Crippen LogP contribution in [0.3, 0.4) is 0 Å². The van der Waals surface area contributed by atoms with Gasteiger partial charge < -0.3 is 29.4 Å². The average Bonchev–Trinajstić information content (AvgIpc) is 3.47. The van der Waals surface area contributed by atoms with Crippen molar-refractivity contribution in [2.45, 2.75) is 13.2 Å². The number of piperazine rings is 1. The van der Waals surface area contributed by atoms with Crippen molar-refractivity contribution in [3.05, 3.63) is 90.1 Å². The molecule has 4 heterocycles. The molecule has 3 aromatic heterocycles. The molecule has 0 spiro atoms. The molecule has 5 aromatic rings. The molecule has 1 fully saturated rings. The normalized spacial score (nSPS) is 14.2. The Morgan fingerprint density at radius 1 is 0.932 bits per heavy atom. The zero-order valence-electron chi connectivity index (χ0n) is 24.9. The molecule has 0 bridgehead atoms. The zero-order valence-corrected chi connectivity index (χ0v) is 24.9. The smallest absolute Gasteiger partial charge is 0.232 e. The van der Waals surface area contributed by atoms with Crippen LogP contribution in [0.15, 0.2) is 73.1 Å². The van der Waals surface area contributed by atoms with E-state index in [0.717, 1.165) is 44.1 Å². The van der Waals surface area contributed by atoms with Crippen molar-refractivity contribution in [3.8, 4) is 22.8 Å². The maximum Gasteiger partial charge on any atom is 0.232 e. The number of hydrogen-bond acceptors (Lipinski definition) is 9. The Morgan fingerprint density at radius 2 is 1.77 bits per heavy atom. The van der Waals surface area contributed by atoms with Crippen LogP contribution in [0.4, 0.5) is 16.0 Å². The highest BCUT2D eigenvalue weighted by molar-refractivity contribution is 5.98. The molecule has 10 nitrogen and oxygen atoms in total. The molecule has 2 aromatic carbocycles. The first kappa shape index (κ1) is 29.5. The second kappa shape index (κ2) is 13.8. The molecule has 228 valence electrons. The number of H-pyrrole nitrogens is 1. The quantitative estimate of drug-likeness (QED) is 0.187. The van der Waals surface area contributed by atoms with E-state index < -0.39 is 5.82 Å². The number of pyridine rings is 1. The monoisotopic (exact) mass is 597 g/mol. The van der Waals surface area contributed by atoms with E-state index in [9.17, 15) is 0 Å². The average molecular weight is 598 g/mol. The van der Waals surface area contributed by atoms with E-state index in [1.807, 2.05) is 30.3 Å². The van der Waals surface area contributed by atoms with Crippen LogP contribution >= 0.6 is 0 Å². The summed E-state index contributed by atoms with van der Waals surface area (Å²) < 4.78 is 32.4. The van der Waals surface area contributed by atoms with Crippen LogP contribution in [0.1, 0.15) is 11.3 Å². The highest BCUT2D eigenvalue weighted by Gasteiger charge is 2.20. The van der Waals surface area contributed by atoms with Gasteiger partial charge in [0.2, 0.25) is 11.8 Å². The molecule has 0 atom stereocenters. The summed E-state index contributed by atoms with van der Waals surface area (Å²) in [7, 11) is 3.77. The van der Waals surface area contributed by atoms with Gasteiger partial charge >= 0.3 is 0 Å². The lowest BCUT2D eigenvalue weighted by Gasteiger charge is -2.32. The third-order valence-electron chi connectivity index (χ3n) is 7.58. The van der Waals surface area contributed by atoms with Crippen LogP contribution < -0.4 is 14.8 Å². The summed E-state index contributed by atoms with van der Waals surface area (Å²) in [5, 5.41) is 3.87. The summed E-state index contributed by atoms with van der Waals surface area (Å²) in [6, 6.07) is 18.6. The third-order valence-corrected chi connectivity index (χ3v) is 7.58. The Hall–Kier alpha value is -4.58. The van der Waals surface area contributed by atoms with Crippen molar-refractivity contribution in [2.24, 2.45) is 0 Å². The Balaban J connectivity index is 1.21. The maximum absolute atomic E-state index is 15.4. The fraction of sp³-hybridized carbons (Fsp3) is 0.303. The summed E-state index contributed by atoms with van der Waals surface area (Å²) in [6.45, 7) is 6.14. The van der Waals surface area contributed by atoms with E-state index in [2.05, 4.69) is 54.2 Å². The number of benzene rings is 2. The molecule has 0 saturated carbocycles. The second-order valence-electron chi connectivity index (χ2n) is 10.8. The number of ether oxygens (including phenoxy) is 3. The summed E-state index contributed by atoms with van der Waals surface area (Å²) >= 11 is 0. The fourth-order valence-electron chi connectivity index (χ4n) is 5.13. The van der Waals surface area contributed by atoms with Crippen molar-refractivity contribution in [3.63, 3.8) is 0 Å². The number of methoxy groups -OCH3 is 1. The number of aromatic nitrogens is 4. The molecular formula is C33H36FN7O3. The first-order valence-electron chi connectivity index (χ1n) is 14.7. The molecule has 0 amide bonds. The number of fused-ring (bicyclic) bond motifs is 1. The van der Waals surface area contributed by atoms with Gasteiger partial charge in [-0.2, -0.15) is 9.97 Å². The molecule has 2 N–H and O–H groups in total. The first-order valence-corrected chi connectivity index (χ1v) is 14.7. The number of likely N-dealkylation sites (N-methyl/N-ethyl adjacent to an activating group) is 1. The molecule has 0 aliphatic carbocycles. The number of hydrogen-bond donors (Lipinski definition) is 2. The van der Waals surface area contributed by atoms with E-state index >= 15 is 4.39 Å². The third kappa shape index (κ3) is 7.13. The van der Waals surface area contributed by atoms with Gasteiger partial charge in [-0.3, -0.25) is 9.88 Å². The molecule has 0 radical (unpaired) electrons. The van der Waals surface area contributed by atoms with Crippen LogP contribution in [-0.2, 0) is 17.9 Å². The number of rotatable bonds is 12. The van der Waals surface area contributed by atoms with Crippen molar-refractivity contribution < 1.29 is 18.6 Å². The van der Waals surface area contributed by atoms with Gasteiger partial charge in [0, 0.05) is 75.1 Å². The molecule has 1 saturated heterocycles. The summed E-state index contributed by atoms with van der Waals surface area (Å²) in [6.07, 6.45) is 3.41. The Labute approximate surface area is 255 Å².